The van der Waals surface area contributed by atoms with Crippen molar-refractivity contribution in [1.29, 1.82) is 0 Å². The molecule has 2 aromatic carbocycles. The highest BCUT2D eigenvalue weighted by Crippen LogP contribution is 2.40. The van der Waals surface area contributed by atoms with Gasteiger partial charge in [-0.3, -0.25) is 0 Å². The molecule has 6 nitrogen and oxygen atoms in total. The van der Waals surface area contributed by atoms with E-state index in [9.17, 15) is 0 Å². The van der Waals surface area contributed by atoms with E-state index in [1.54, 1.807) is 0 Å². The van der Waals surface area contributed by atoms with E-state index in [-0.39, 0.29) is 18.0 Å². The molecule has 2 atom stereocenters. The third-order valence-electron chi connectivity index (χ3n) is 4.56. The summed E-state index contributed by atoms with van der Waals surface area (Å²) in [6.07, 6.45) is 0.785. The second-order valence-corrected chi connectivity index (χ2v) is 6.62. The van der Waals surface area contributed by atoms with Crippen LogP contribution in [-0.2, 0) is 0 Å². The van der Waals surface area contributed by atoms with Gasteiger partial charge >= 0.3 is 0 Å². The zero-order chi connectivity index (χ0) is 18.1. The van der Waals surface area contributed by atoms with Gasteiger partial charge in [0.1, 0.15) is 5.75 Å². The fourth-order valence-corrected chi connectivity index (χ4v) is 3.65. The summed E-state index contributed by atoms with van der Waals surface area (Å²) >= 11 is 6.42. The number of ether oxygens (including phenoxy) is 1. The number of nitrogens with one attached hydrogen (secondary N) is 1. The lowest BCUT2D eigenvalue weighted by molar-refractivity contribution is 0.340. The van der Waals surface area contributed by atoms with Crippen molar-refractivity contribution >= 4 is 23.5 Å². The molecule has 0 fully saturated rings. The summed E-state index contributed by atoms with van der Waals surface area (Å²) in [6.45, 7) is 2.62. The maximum absolute atomic E-state index is 6.42. The van der Waals surface area contributed by atoms with Gasteiger partial charge in [0.25, 0.3) is 0 Å². The number of hydrogen-bond donors (Lipinski definition) is 2. The van der Waals surface area contributed by atoms with E-state index in [4.69, 9.17) is 22.1 Å². The van der Waals surface area contributed by atoms with Crippen molar-refractivity contribution < 1.29 is 4.74 Å². The molecule has 0 amide bonds. The Kier molecular flexibility index (Phi) is 4.42. The zero-order valence-corrected chi connectivity index (χ0v) is 15.1. The van der Waals surface area contributed by atoms with Gasteiger partial charge in [0.2, 0.25) is 11.9 Å². The van der Waals surface area contributed by atoms with Gasteiger partial charge in [-0.15, -0.1) is 5.10 Å². The fraction of sp³-hybridized carbons (Fsp3) is 0.263. The number of aromatic nitrogens is 3. The van der Waals surface area contributed by atoms with Gasteiger partial charge in [0.05, 0.1) is 18.7 Å². The van der Waals surface area contributed by atoms with Crippen LogP contribution in [0, 0.1) is 0 Å². The quantitative estimate of drug-likeness (QED) is 0.725. The van der Waals surface area contributed by atoms with Crippen LogP contribution in [0.5, 0.6) is 5.75 Å². The molecule has 0 saturated carbocycles. The number of nitrogens with two attached hydrogens (primary N) is 1. The second-order valence-electron chi connectivity index (χ2n) is 6.21. The van der Waals surface area contributed by atoms with Crippen LogP contribution < -0.4 is 15.8 Å². The number of fused-ring (bicyclic) bond motifs is 1. The van der Waals surface area contributed by atoms with Gasteiger partial charge < -0.3 is 15.8 Å². The molecule has 26 heavy (non-hydrogen) atoms. The third-order valence-corrected chi connectivity index (χ3v) is 4.91. The SMILES string of the molecule is CCOc1ccc([C@@H]2C[C@@H](c3ccccc3Cl)Nc3nc(N)nn32)cc1. The van der Waals surface area contributed by atoms with Gasteiger partial charge in [-0.2, -0.15) is 4.98 Å². The molecule has 1 aliphatic heterocycles. The van der Waals surface area contributed by atoms with Crippen LogP contribution in [-0.4, -0.2) is 21.4 Å². The normalized spacial score (nSPS) is 18.8. The van der Waals surface area contributed by atoms with Crippen molar-refractivity contribution in [2.24, 2.45) is 0 Å². The molecule has 3 N–H and O–H groups in total. The molecule has 0 saturated heterocycles. The summed E-state index contributed by atoms with van der Waals surface area (Å²) in [7, 11) is 0. The molecule has 1 aromatic heterocycles. The summed E-state index contributed by atoms with van der Waals surface area (Å²) in [5, 5.41) is 8.51. The first-order chi connectivity index (χ1) is 12.7. The van der Waals surface area contributed by atoms with E-state index in [1.165, 1.54) is 0 Å². The first kappa shape index (κ1) is 16.7. The van der Waals surface area contributed by atoms with Crippen LogP contribution >= 0.6 is 11.6 Å². The lowest BCUT2D eigenvalue weighted by Crippen LogP contribution is -2.28. The summed E-state index contributed by atoms with van der Waals surface area (Å²) < 4.78 is 7.39. The predicted octanol–water partition coefficient (Wildman–Crippen LogP) is 4.06. The number of nitrogen functional groups attached to an aromatic ring is 1. The first-order valence-corrected chi connectivity index (χ1v) is 8.99. The first-order valence-electron chi connectivity index (χ1n) is 8.61. The average Bonchev–Trinajstić information content (AvgIpc) is 3.02. The lowest BCUT2D eigenvalue weighted by atomic mass is 9.93. The number of halogens is 1. The Labute approximate surface area is 156 Å². The van der Waals surface area contributed by atoms with Crippen molar-refractivity contribution in [2.75, 3.05) is 17.7 Å². The fourth-order valence-electron chi connectivity index (χ4n) is 3.39. The zero-order valence-electron chi connectivity index (χ0n) is 14.4. The molecule has 3 aromatic rings. The number of hydrogen-bond acceptors (Lipinski definition) is 5. The summed E-state index contributed by atoms with van der Waals surface area (Å²) in [5.41, 5.74) is 8.01. The van der Waals surface area contributed by atoms with E-state index in [0.717, 1.165) is 28.3 Å². The second kappa shape index (κ2) is 6.88. The molecule has 0 radical (unpaired) electrons. The van der Waals surface area contributed by atoms with Gasteiger partial charge in [-0.1, -0.05) is 41.9 Å². The van der Waals surface area contributed by atoms with Crippen LogP contribution in [0.3, 0.4) is 0 Å². The maximum atomic E-state index is 6.42. The molecule has 1 aliphatic rings. The average molecular weight is 370 g/mol. The number of anilines is 2. The third kappa shape index (κ3) is 3.08. The van der Waals surface area contributed by atoms with Gasteiger partial charge in [-0.05, 0) is 42.7 Å². The number of nitrogens with zero attached hydrogens (tertiary/aromatic N) is 3. The number of benzene rings is 2. The van der Waals surface area contributed by atoms with Crippen LogP contribution in [0.15, 0.2) is 48.5 Å². The highest BCUT2D eigenvalue weighted by atomic mass is 35.5. The van der Waals surface area contributed by atoms with Crippen LogP contribution in [0.25, 0.3) is 0 Å². The molecule has 134 valence electrons. The van der Waals surface area contributed by atoms with Crippen LogP contribution in [0.1, 0.15) is 36.6 Å². The Hall–Kier alpha value is -2.73. The molecule has 0 spiro atoms. The molecular weight excluding hydrogens is 350 g/mol. The Morgan fingerprint density at radius 1 is 1.23 bits per heavy atom. The molecule has 4 rings (SSSR count). The molecule has 2 heterocycles. The Balaban J connectivity index is 1.71. The number of rotatable bonds is 4. The van der Waals surface area contributed by atoms with Crippen molar-refractivity contribution in [3.8, 4) is 5.75 Å². The highest BCUT2D eigenvalue weighted by Gasteiger charge is 2.31. The van der Waals surface area contributed by atoms with Crippen molar-refractivity contribution in [2.45, 2.75) is 25.4 Å². The lowest BCUT2D eigenvalue weighted by Gasteiger charge is -2.32. The van der Waals surface area contributed by atoms with Gasteiger partial charge in [0, 0.05) is 5.02 Å². The smallest absolute Gasteiger partial charge is 0.241 e. The van der Waals surface area contributed by atoms with Crippen LogP contribution in [0.4, 0.5) is 11.9 Å². The molecule has 0 bridgehead atoms. The van der Waals surface area contributed by atoms with E-state index in [0.29, 0.717) is 12.6 Å². The standard InChI is InChI=1S/C19H20ClN5O/c1-2-26-13-9-7-12(8-10-13)17-11-16(14-5-3-4-6-15(14)20)22-19-23-18(21)24-25(17)19/h3-10,16-17H,2,11H2,1H3,(H3,21,22,23,24)/t16-,17-/m0/s1. The van der Waals surface area contributed by atoms with Gasteiger partial charge in [-0.25, -0.2) is 4.68 Å². The van der Waals surface area contributed by atoms with Crippen molar-refractivity contribution in [3.05, 3.63) is 64.7 Å². The Morgan fingerprint density at radius 2 is 2.00 bits per heavy atom. The van der Waals surface area contributed by atoms with E-state index in [1.807, 2.05) is 48.0 Å². The van der Waals surface area contributed by atoms with E-state index < -0.39 is 0 Å². The van der Waals surface area contributed by atoms with Gasteiger partial charge in [0.15, 0.2) is 0 Å². The summed E-state index contributed by atoms with van der Waals surface area (Å²) in [5.74, 6) is 1.76. The highest BCUT2D eigenvalue weighted by molar-refractivity contribution is 6.31. The topological polar surface area (TPSA) is 78.0 Å². The minimum absolute atomic E-state index is 0.00741. The molecule has 0 aliphatic carbocycles. The minimum Gasteiger partial charge on any atom is -0.494 e. The van der Waals surface area contributed by atoms with Crippen molar-refractivity contribution in [3.63, 3.8) is 0 Å². The van der Waals surface area contributed by atoms with Crippen LogP contribution in [0.2, 0.25) is 5.02 Å². The van der Waals surface area contributed by atoms with E-state index in [2.05, 4.69) is 27.5 Å². The molecular formula is C19H20ClN5O. The minimum atomic E-state index is 0.00741. The van der Waals surface area contributed by atoms with Crippen molar-refractivity contribution in [1.82, 2.24) is 14.8 Å². The summed E-state index contributed by atoms with van der Waals surface area (Å²) in [4.78, 5) is 4.33. The summed E-state index contributed by atoms with van der Waals surface area (Å²) in [6, 6.07) is 16.0. The predicted molar refractivity (Wildman–Crippen MR) is 103 cm³/mol. The Morgan fingerprint density at radius 3 is 2.73 bits per heavy atom. The molecule has 7 heteroatoms. The Bertz CT molecular complexity index is 909. The monoisotopic (exact) mass is 369 g/mol. The van der Waals surface area contributed by atoms with E-state index >= 15 is 0 Å². The largest absolute Gasteiger partial charge is 0.494 e. The molecule has 0 unspecified atom stereocenters. The maximum Gasteiger partial charge on any atom is 0.241 e.